The Hall–Kier alpha value is -3.16. The number of nitrogens with one attached hydrogen (secondary N) is 1. The second-order valence-electron chi connectivity index (χ2n) is 6.16. The minimum Gasteiger partial charge on any atom is -0.497 e. The standard InChI is InChI=1S/C18H19N5O3/c1-25-13-5-3-11(4-6-13)14-15-16(20-10-19-15)22-18(21-14)23-8-7-12(9-23)17(24)26-2/h3-6,10,12H,7-9H2,1-2H3,(H,19,20,21,22). The van der Waals surface area contributed by atoms with Gasteiger partial charge >= 0.3 is 5.97 Å². The molecule has 0 bridgehead atoms. The highest BCUT2D eigenvalue weighted by atomic mass is 16.5. The van der Waals surface area contributed by atoms with Crippen LogP contribution in [0.5, 0.6) is 5.75 Å². The van der Waals surface area contributed by atoms with Crippen LogP contribution < -0.4 is 9.64 Å². The van der Waals surface area contributed by atoms with E-state index < -0.39 is 0 Å². The van der Waals surface area contributed by atoms with Crippen LogP contribution in [-0.2, 0) is 9.53 Å². The van der Waals surface area contributed by atoms with Gasteiger partial charge in [0.05, 0.1) is 26.5 Å². The van der Waals surface area contributed by atoms with Crippen molar-refractivity contribution < 1.29 is 14.3 Å². The van der Waals surface area contributed by atoms with Gasteiger partial charge in [0, 0.05) is 18.7 Å². The lowest BCUT2D eigenvalue weighted by Crippen LogP contribution is -2.25. The number of rotatable bonds is 4. The first-order valence-electron chi connectivity index (χ1n) is 8.38. The number of hydrogen-bond donors (Lipinski definition) is 1. The molecule has 1 N–H and O–H groups in total. The third-order valence-corrected chi connectivity index (χ3v) is 4.64. The van der Waals surface area contributed by atoms with Crippen LogP contribution in [0.1, 0.15) is 6.42 Å². The zero-order valence-corrected chi connectivity index (χ0v) is 14.6. The second-order valence-corrected chi connectivity index (χ2v) is 6.16. The minimum atomic E-state index is -0.191. The van der Waals surface area contributed by atoms with Crippen molar-refractivity contribution >= 4 is 23.1 Å². The summed E-state index contributed by atoms with van der Waals surface area (Å²) in [5.41, 5.74) is 3.09. The number of benzene rings is 1. The van der Waals surface area contributed by atoms with Crippen molar-refractivity contribution in [3.05, 3.63) is 30.6 Å². The molecule has 1 atom stereocenters. The number of fused-ring (bicyclic) bond motifs is 1. The van der Waals surface area contributed by atoms with Crippen molar-refractivity contribution in [1.29, 1.82) is 0 Å². The highest BCUT2D eigenvalue weighted by molar-refractivity contribution is 5.88. The van der Waals surface area contributed by atoms with Gasteiger partial charge in [-0.15, -0.1) is 0 Å². The van der Waals surface area contributed by atoms with E-state index in [2.05, 4.69) is 15.0 Å². The summed E-state index contributed by atoms with van der Waals surface area (Å²) in [6.45, 7) is 1.25. The molecule has 1 aromatic carbocycles. The average molecular weight is 353 g/mol. The zero-order chi connectivity index (χ0) is 18.1. The number of ether oxygens (including phenoxy) is 2. The molecule has 4 rings (SSSR count). The van der Waals surface area contributed by atoms with Gasteiger partial charge in [-0.25, -0.2) is 9.97 Å². The van der Waals surface area contributed by atoms with E-state index in [4.69, 9.17) is 14.5 Å². The number of nitrogens with zero attached hydrogens (tertiary/aromatic N) is 4. The Bertz CT molecular complexity index is 938. The Kier molecular flexibility index (Phi) is 4.16. The molecule has 3 heterocycles. The van der Waals surface area contributed by atoms with Crippen LogP contribution in [0.2, 0.25) is 0 Å². The van der Waals surface area contributed by atoms with Gasteiger partial charge in [0.1, 0.15) is 17.0 Å². The van der Waals surface area contributed by atoms with Crippen molar-refractivity contribution in [2.45, 2.75) is 6.42 Å². The Balaban J connectivity index is 1.72. The van der Waals surface area contributed by atoms with Gasteiger partial charge in [0.25, 0.3) is 0 Å². The summed E-state index contributed by atoms with van der Waals surface area (Å²) in [5, 5.41) is 0. The molecule has 1 unspecified atom stereocenters. The summed E-state index contributed by atoms with van der Waals surface area (Å²) in [6.07, 6.45) is 2.34. The predicted molar refractivity (Wildman–Crippen MR) is 96.0 cm³/mol. The number of esters is 1. The molecule has 0 amide bonds. The van der Waals surface area contributed by atoms with Crippen LogP contribution in [0.4, 0.5) is 5.95 Å². The normalized spacial score (nSPS) is 16.8. The lowest BCUT2D eigenvalue weighted by atomic mass is 10.1. The van der Waals surface area contributed by atoms with E-state index in [1.807, 2.05) is 29.2 Å². The topological polar surface area (TPSA) is 93.2 Å². The van der Waals surface area contributed by atoms with Crippen molar-refractivity contribution in [3.8, 4) is 17.0 Å². The first-order chi connectivity index (χ1) is 12.7. The molecule has 8 heteroatoms. The number of aromatic amines is 1. The van der Waals surface area contributed by atoms with E-state index in [-0.39, 0.29) is 11.9 Å². The molecule has 0 radical (unpaired) electrons. The van der Waals surface area contributed by atoms with E-state index in [0.717, 1.165) is 28.9 Å². The quantitative estimate of drug-likeness (QED) is 0.717. The van der Waals surface area contributed by atoms with Gasteiger partial charge in [-0.05, 0) is 30.7 Å². The summed E-state index contributed by atoms with van der Waals surface area (Å²) in [4.78, 5) is 30.5. The summed E-state index contributed by atoms with van der Waals surface area (Å²) < 4.78 is 10.1. The van der Waals surface area contributed by atoms with E-state index in [1.165, 1.54) is 7.11 Å². The average Bonchev–Trinajstić information content (AvgIpc) is 3.36. The van der Waals surface area contributed by atoms with Gasteiger partial charge in [-0.2, -0.15) is 4.98 Å². The van der Waals surface area contributed by atoms with E-state index in [1.54, 1.807) is 13.4 Å². The van der Waals surface area contributed by atoms with Gasteiger partial charge in [0.2, 0.25) is 5.95 Å². The van der Waals surface area contributed by atoms with Crippen LogP contribution >= 0.6 is 0 Å². The third kappa shape index (κ3) is 2.83. The molecular weight excluding hydrogens is 334 g/mol. The number of aromatic nitrogens is 4. The van der Waals surface area contributed by atoms with Gasteiger partial charge < -0.3 is 19.4 Å². The summed E-state index contributed by atoms with van der Waals surface area (Å²) in [7, 11) is 3.05. The Morgan fingerprint density at radius 1 is 1.23 bits per heavy atom. The van der Waals surface area contributed by atoms with Crippen molar-refractivity contribution in [2.24, 2.45) is 5.92 Å². The lowest BCUT2D eigenvalue weighted by molar-refractivity contribution is -0.144. The maximum Gasteiger partial charge on any atom is 0.310 e. The van der Waals surface area contributed by atoms with E-state index in [0.29, 0.717) is 24.7 Å². The van der Waals surface area contributed by atoms with E-state index >= 15 is 0 Å². The smallest absolute Gasteiger partial charge is 0.310 e. The van der Waals surface area contributed by atoms with Crippen LogP contribution in [0, 0.1) is 5.92 Å². The predicted octanol–water partition coefficient (Wildman–Crippen LogP) is 2.03. The van der Waals surface area contributed by atoms with E-state index in [9.17, 15) is 4.79 Å². The monoisotopic (exact) mass is 353 g/mol. The van der Waals surface area contributed by atoms with Gasteiger partial charge in [-0.1, -0.05) is 0 Å². The molecule has 26 heavy (non-hydrogen) atoms. The summed E-state index contributed by atoms with van der Waals surface area (Å²) in [5.74, 6) is 1.01. The zero-order valence-electron chi connectivity index (χ0n) is 14.6. The highest BCUT2D eigenvalue weighted by Crippen LogP contribution is 2.29. The molecule has 0 spiro atoms. The molecular formula is C18H19N5O3. The molecule has 1 aliphatic rings. The molecule has 1 saturated heterocycles. The SMILES string of the molecule is COC(=O)C1CCN(c2nc(-c3ccc(OC)cc3)c3[nH]cnc3n2)C1. The molecule has 1 aliphatic heterocycles. The molecule has 3 aromatic rings. The number of anilines is 1. The molecule has 0 saturated carbocycles. The van der Waals surface area contributed by atoms with Crippen molar-refractivity contribution in [1.82, 2.24) is 19.9 Å². The number of carbonyl (C=O) groups is 1. The largest absolute Gasteiger partial charge is 0.497 e. The maximum absolute atomic E-state index is 11.8. The van der Waals surface area contributed by atoms with Crippen LogP contribution in [-0.4, -0.2) is 53.2 Å². The summed E-state index contributed by atoms with van der Waals surface area (Å²) >= 11 is 0. The molecule has 2 aromatic heterocycles. The number of hydrogen-bond acceptors (Lipinski definition) is 7. The molecule has 8 nitrogen and oxygen atoms in total. The first-order valence-corrected chi connectivity index (χ1v) is 8.38. The maximum atomic E-state index is 11.8. The molecule has 1 fully saturated rings. The minimum absolute atomic E-state index is 0.150. The first kappa shape index (κ1) is 16.3. The fourth-order valence-electron chi connectivity index (χ4n) is 3.22. The van der Waals surface area contributed by atoms with Gasteiger partial charge in [-0.3, -0.25) is 4.79 Å². The van der Waals surface area contributed by atoms with Gasteiger partial charge in [0.15, 0.2) is 5.65 Å². The Morgan fingerprint density at radius 2 is 2.04 bits per heavy atom. The summed E-state index contributed by atoms with van der Waals surface area (Å²) in [6, 6.07) is 7.68. The van der Waals surface area contributed by atoms with Crippen LogP contribution in [0.3, 0.4) is 0 Å². The fraction of sp³-hybridized carbons (Fsp3) is 0.333. The number of methoxy groups -OCH3 is 2. The number of imidazole rings is 1. The molecule has 134 valence electrons. The van der Waals surface area contributed by atoms with Crippen LogP contribution in [0.15, 0.2) is 30.6 Å². The highest BCUT2D eigenvalue weighted by Gasteiger charge is 2.31. The fourth-order valence-corrected chi connectivity index (χ4v) is 3.22. The number of carbonyl (C=O) groups excluding carboxylic acids is 1. The Morgan fingerprint density at radius 3 is 2.77 bits per heavy atom. The van der Waals surface area contributed by atoms with Crippen molar-refractivity contribution in [3.63, 3.8) is 0 Å². The third-order valence-electron chi connectivity index (χ3n) is 4.64. The number of H-pyrrole nitrogens is 1. The van der Waals surface area contributed by atoms with Crippen LogP contribution in [0.25, 0.3) is 22.4 Å². The second kappa shape index (κ2) is 6.62. The van der Waals surface area contributed by atoms with Crippen molar-refractivity contribution in [2.75, 3.05) is 32.2 Å². The molecule has 0 aliphatic carbocycles. The Labute approximate surface area is 150 Å². The lowest BCUT2D eigenvalue weighted by Gasteiger charge is -2.17.